The Hall–Kier alpha value is -1.21. The summed E-state index contributed by atoms with van der Waals surface area (Å²) < 4.78 is 5.15. The van der Waals surface area contributed by atoms with Crippen LogP contribution in [-0.2, 0) is 16.0 Å². The molecule has 0 atom stereocenters. The number of amides is 1. The summed E-state index contributed by atoms with van der Waals surface area (Å²) in [5, 5.41) is 10.9. The first-order valence-corrected chi connectivity index (χ1v) is 9.81. The lowest BCUT2D eigenvalue weighted by molar-refractivity contribution is -0.139. The monoisotopic (exact) mass is 352 g/mol. The zero-order valence-corrected chi connectivity index (χ0v) is 15.6. The van der Waals surface area contributed by atoms with Crippen molar-refractivity contribution in [3.8, 4) is 0 Å². The predicted octanol–water partition coefficient (Wildman–Crippen LogP) is 2.35. The second-order valence-corrected chi connectivity index (χ2v) is 8.06. The Morgan fingerprint density at radius 1 is 1.25 bits per heavy atom. The zero-order valence-electron chi connectivity index (χ0n) is 14.8. The summed E-state index contributed by atoms with van der Waals surface area (Å²) >= 11 is 1.73. The van der Waals surface area contributed by atoms with E-state index in [4.69, 9.17) is 4.74 Å². The number of aromatic nitrogens is 2. The van der Waals surface area contributed by atoms with Gasteiger partial charge in [0.2, 0.25) is 11.0 Å². The first-order valence-electron chi connectivity index (χ1n) is 9.00. The van der Waals surface area contributed by atoms with Crippen LogP contribution in [0.15, 0.2) is 0 Å². The molecule has 7 heteroatoms. The minimum absolute atomic E-state index is 0.286. The molecule has 6 nitrogen and oxygen atoms in total. The molecule has 0 aliphatic carbocycles. The van der Waals surface area contributed by atoms with Crippen LogP contribution in [0.3, 0.4) is 0 Å². The highest BCUT2D eigenvalue weighted by atomic mass is 32.1. The van der Waals surface area contributed by atoms with Gasteiger partial charge < -0.3 is 14.5 Å². The molecule has 1 amide bonds. The first-order chi connectivity index (χ1) is 11.7. The number of rotatable bonds is 6. The summed E-state index contributed by atoms with van der Waals surface area (Å²) in [6, 6.07) is 0. The van der Waals surface area contributed by atoms with E-state index in [1.807, 2.05) is 4.90 Å². The second kappa shape index (κ2) is 7.78. The van der Waals surface area contributed by atoms with Gasteiger partial charge in [-0.25, -0.2) is 0 Å². The maximum atomic E-state index is 12.1. The fraction of sp³-hybridized carbons (Fsp3) is 0.824. The van der Waals surface area contributed by atoms with E-state index in [1.54, 1.807) is 18.4 Å². The normalized spacial score (nSPS) is 20.8. The quantitative estimate of drug-likeness (QED) is 0.786. The van der Waals surface area contributed by atoms with Gasteiger partial charge in [-0.2, -0.15) is 0 Å². The lowest BCUT2D eigenvalue weighted by Gasteiger charge is -2.47. The van der Waals surface area contributed by atoms with Crippen molar-refractivity contribution in [2.75, 3.05) is 44.8 Å². The highest BCUT2D eigenvalue weighted by Gasteiger charge is 2.41. The number of ether oxygens (including phenoxy) is 1. The SMILES string of the molecule is CCCc1nnc(N2CCC3(CCC(=O)N(CCOC)C3)CC2)s1. The summed E-state index contributed by atoms with van der Waals surface area (Å²) in [4.78, 5) is 16.5. The smallest absolute Gasteiger partial charge is 0.222 e. The van der Waals surface area contributed by atoms with E-state index in [2.05, 4.69) is 22.0 Å². The molecular weight excluding hydrogens is 324 g/mol. The lowest BCUT2D eigenvalue weighted by atomic mass is 9.72. The van der Waals surface area contributed by atoms with E-state index in [1.165, 1.54) is 0 Å². The minimum Gasteiger partial charge on any atom is -0.383 e. The second-order valence-electron chi connectivity index (χ2n) is 7.02. The number of piperidine rings is 2. The zero-order chi connectivity index (χ0) is 17.0. The number of likely N-dealkylation sites (tertiary alicyclic amines) is 1. The van der Waals surface area contributed by atoms with Crippen LogP contribution in [0.5, 0.6) is 0 Å². The fourth-order valence-corrected chi connectivity index (χ4v) is 4.77. The van der Waals surface area contributed by atoms with Gasteiger partial charge in [0.1, 0.15) is 5.01 Å². The predicted molar refractivity (Wildman–Crippen MR) is 95.5 cm³/mol. The highest BCUT2D eigenvalue weighted by Crippen LogP contribution is 2.41. The summed E-state index contributed by atoms with van der Waals surface area (Å²) in [5.41, 5.74) is 0.287. The summed E-state index contributed by atoms with van der Waals surface area (Å²) in [6.07, 6.45) is 6.11. The summed E-state index contributed by atoms with van der Waals surface area (Å²) in [5.74, 6) is 0.286. The molecule has 2 aliphatic heterocycles. The van der Waals surface area contributed by atoms with Gasteiger partial charge in [-0.1, -0.05) is 18.3 Å². The average Bonchev–Trinajstić information content (AvgIpc) is 3.06. The van der Waals surface area contributed by atoms with E-state index in [0.29, 0.717) is 13.0 Å². The molecule has 0 aromatic carbocycles. The number of methoxy groups -OCH3 is 1. The third kappa shape index (κ3) is 3.88. The van der Waals surface area contributed by atoms with Crippen LogP contribution in [0.4, 0.5) is 5.13 Å². The standard InChI is InChI=1S/C17H28N4O2S/c1-3-4-14-18-19-16(24-14)20-9-7-17(8-10-20)6-5-15(22)21(13-17)11-12-23-2/h3-13H2,1-2H3. The van der Waals surface area contributed by atoms with Gasteiger partial charge in [0.15, 0.2) is 0 Å². The molecule has 0 radical (unpaired) electrons. The fourth-order valence-electron chi connectivity index (χ4n) is 3.78. The van der Waals surface area contributed by atoms with Gasteiger partial charge in [-0.15, -0.1) is 10.2 Å². The molecule has 2 saturated heterocycles. The molecule has 1 aromatic rings. The molecule has 2 aliphatic rings. The molecule has 0 bridgehead atoms. The molecule has 0 saturated carbocycles. The Balaban J connectivity index is 1.58. The molecule has 2 fully saturated rings. The van der Waals surface area contributed by atoms with Crippen molar-refractivity contribution in [2.45, 2.75) is 45.4 Å². The number of nitrogens with zero attached hydrogens (tertiary/aromatic N) is 4. The first kappa shape index (κ1) is 17.6. The Bertz CT molecular complexity index is 555. The molecule has 3 heterocycles. The van der Waals surface area contributed by atoms with Crippen molar-refractivity contribution >= 4 is 22.4 Å². The van der Waals surface area contributed by atoms with Crippen molar-refractivity contribution in [1.82, 2.24) is 15.1 Å². The summed E-state index contributed by atoms with van der Waals surface area (Å²) in [6.45, 7) is 6.45. The number of hydrogen-bond acceptors (Lipinski definition) is 6. The third-order valence-corrected chi connectivity index (χ3v) is 6.37. The molecule has 24 heavy (non-hydrogen) atoms. The molecule has 0 N–H and O–H groups in total. The third-order valence-electron chi connectivity index (χ3n) is 5.33. The minimum atomic E-state index is 0.286. The van der Waals surface area contributed by atoms with E-state index in [-0.39, 0.29) is 11.3 Å². The summed E-state index contributed by atoms with van der Waals surface area (Å²) in [7, 11) is 1.69. The van der Waals surface area contributed by atoms with Crippen LogP contribution in [0.25, 0.3) is 0 Å². The van der Waals surface area contributed by atoms with E-state index < -0.39 is 0 Å². The molecular formula is C17H28N4O2S. The Labute approximate surface area is 148 Å². The van der Waals surface area contributed by atoms with Crippen LogP contribution in [0.1, 0.15) is 44.0 Å². The lowest BCUT2D eigenvalue weighted by Crippen LogP contribution is -2.52. The van der Waals surface area contributed by atoms with Crippen LogP contribution < -0.4 is 4.90 Å². The van der Waals surface area contributed by atoms with Crippen LogP contribution in [0, 0.1) is 5.41 Å². The van der Waals surface area contributed by atoms with Gasteiger partial charge in [-0.05, 0) is 31.1 Å². The topological polar surface area (TPSA) is 58.6 Å². The number of aryl methyl sites for hydroxylation is 1. The average molecular weight is 353 g/mol. The van der Waals surface area contributed by atoms with Crippen molar-refractivity contribution < 1.29 is 9.53 Å². The van der Waals surface area contributed by atoms with E-state index in [9.17, 15) is 4.79 Å². The number of carbonyl (C=O) groups excluding carboxylic acids is 1. The van der Waals surface area contributed by atoms with Gasteiger partial charge in [0.25, 0.3) is 0 Å². The van der Waals surface area contributed by atoms with Crippen molar-refractivity contribution in [1.29, 1.82) is 0 Å². The number of anilines is 1. The molecule has 0 unspecified atom stereocenters. The number of carbonyl (C=O) groups is 1. The molecule has 1 spiro atoms. The van der Waals surface area contributed by atoms with Crippen molar-refractivity contribution in [3.05, 3.63) is 5.01 Å². The van der Waals surface area contributed by atoms with Gasteiger partial charge >= 0.3 is 0 Å². The van der Waals surface area contributed by atoms with Crippen molar-refractivity contribution in [3.63, 3.8) is 0 Å². The molecule has 134 valence electrons. The largest absolute Gasteiger partial charge is 0.383 e. The van der Waals surface area contributed by atoms with Gasteiger partial charge in [-0.3, -0.25) is 4.79 Å². The highest BCUT2D eigenvalue weighted by molar-refractivity contribution is 7.15. The maximum absolute atomic E-state index is 12.1. The van der Waals surface area contributed by atoms with Crippen molar-refractivity contribution in [2.24, 2.45) is 5.41 Å². The van der Waals surface area contributed by atoms with Gasteiger partial charge in [0, 0.05) is 46.1 Å². The van der Waals surface area contributed by atoms with Crippen LogP contribution in [-0.4, -0.2) is 60.9 Å². The van der Waals surface area contributed by atoms with E-state index in [0.717, 1.165) is 68.4 Å². The van der Waals surface area contributed by atoms with Crippen LogP contribution >= 0.6 is 11.3 Å². The van der Waals surface area contributed by atoms with Crippen LogP contribution in [0.2, 0.25) is 0 Å². The Morgan fingerprint density at radius 2 is 2.04 bits per heavy atom. The maximum Gasteiger partial charge on any atom is 0.222 e. The Morgan fingerprint density at radius 3 is 2.75 bits per heavy atom. The van der Waals surface area contributed by atoms with E-state index >= 15 is 0 Å². The van der Waals surface area contributed by atoms with Gasteiger partial charge in [0.05, 0.1) is 6.61 Å². The molecule has 1 aromatic heterocycles. The molecule has 3 rings (SSSR count). The number of hydrogen-bond donors (Lipinski definition) is 0. The Kier molecular flexibility index (Phi) is 5.71.